The van der Waals surface area contributed by atoms with Gasteiger partial charge in [-0.25, -0.2) is 9.37 Å². The van der Waals surface area contributed by atoms with E-state index in [4.69, 9.17) is 0 Å². The van der Waals surface area contributed by atoms with Gasteiger partial charge in [-0.2, -0.15) is 0 Å². The molecule has 0 spiro atoms. The summed E-state index contributed by atoms with van der Waals surface area (Å²) in [5.41, 5.74) is 0.350. The van der Waals surface area contributed by atoms with Crippen LogP contribution >= 0.6 is 0 Å². The summed E-state index contributed by atoms with van der Waals surface area (Å²) in [5, 5.41) is 8.29. The molecule has 4 rings (SSSR count). The van der Waals surface area contributed by atoms with E-state index in [1.54, 1.807) is 10.8 Å². The minimum atomic E-state index is -0.371. The van der Waals surface area contributed by atoms with E-state index in [0.717, 1.165) is 39.0 Å². The highest BCUT2D eigenvalue weighted by atomic mass is 19.1. The zero-order chi connectivity index (χ0) is 18.8. The minimum Gasteiger partial charge on any atom is -0.301 e. The molecule has 0 N–H and O–H groups in total. The first-order valence-electron chi connectivity index (χ1n) is 9.33. The molecule has 1 saturated heterocycles. The SMILES string of the molecule is Cc1nc2cc(F)ccc2c(=O)n1CC1CCN(CCn2ccnn2)CC1. The molecule has 1 aromatic carbocycles. The fourth-order valence-corrected chi connectivity index (χ4v) is 3.77. The molecule has 0 aliphatic carbocycles. The Bertz CT molecular complexity index is 976. The quantitative estimate of drug-likeness (QED) is 0.686. The topological polar surface area (TPSA) is 68.8 Å². The number of aryl methyl sites for hydroxylation is 1. The van der Waals surface area contributed by atoms with Crippen molar-refractivity contribution >= 4 is 10.9 Å². The van der Waals surface area contributed by atoms with Crippen LogP contribution in [0.5, 0.6) is 0 Å². The van der Waals surface area contributed by atoms with Crippen LogP contribution in [0.1, 0.15) is 18.7 Å². The maximum absolute atomic E-state index is 13.4. The first kappa shape index (κ1) is 17.8. The fraction of sp³-hybridized carbons (Fsp3) is 0.474. The van der Waals surface area contributed by atoms with Gasteiger partial charge in [0.05, 0.1) is 23.6 Å². The smallest absolute Gasteiger partial charge is 0.261 e. The van der Waals surface area contributed by atoms with E-state index in [2.05, 4.69) is 20.2 Å². The Hall–Kier alpha value is -2.61. The van der Waals surface area contributed by atoms with Gasteiger partial charge in [-0.15, -0.1) is 5.10 Å². The molecular formula is C19H23FN6O. The molecule has 3 heterocycles. The normalized spacial score (nSPS) is 16.2. The molecule has 0 bridgehead atoms. The third-order valence-corrected chi connectivity index (χ3v) is 5.37. The Morgan fingerprint density at radius 1 is 1.22 bits per heavy atom. The lowest BCUT2D eigenvalue weighted by atomic mass is 9.96. The van der Waals surface area contributed by atoms with Crippen LogP contribution in [0, 0.1) is 18.7 Å². The van der Waals surface area contributed by atoms with Crippen molar-refractivity contribution in [2.45, 2.75) is 32.9 Å². The third-order valence-electron chi connectivity index (χ3n) is 5.37. The van der Waals surface area contributed by atoms with Crippen molar-refractivity contribution < 1.29 is 4.39 Å². The first-order chi connectivity index (χ1) is 13.1. The molecule has 8 heteroatoms. The molecule has 1 fully saturated rings. The van der Waals surface area contributed by atoms with Gasteiger partial charge < -0.3 is 4.90 Å². The van der Waals surface area contributed by atoms with Crippen molar-refractivity contribution in [3.05, 3.63) is 52.6 Å². The van der Waals surface area contributed by atoms with Gasteiger partial charge in [0.15, 0.2) is 0 Å². The van der Waals surface area contributed by atoms with E-state index >= 15 is 0 Å². The molecule has 0 atom stereocenters. The van der Waals surface area contributed by atoms with Crippen LogP contribution < -0.4 is 5.56 Å². The molecule has 0 saturated carbocycles. The average Bonchev–Trinajstić information content (AvgIpc) is 3.18. The van der Waals surface area contributed by atoms with Crippen molar-refractivity contribution in [3.63, 3.8) is 0 Å². The Balaban J connectivity index is 1.40. The van der Waals surface area contributed by atoms with Gasteiger partial charge in [-0.3, -0.25) is 14.0 Å². The molecule has 142 valence electrons. The molecule has 27 heavy (non-hydrogen) atoms. The van der Waals surface area contributed by atoms with Gasteiger partial charge in [0.1, 0.15) is 11.6 Å². The monoisotopic (exact) mass is 370 g/mol. The minimum absolute atomic E-state index is 0.0777. The van der Waals surface area contributed by atoms with Crippen LogP contribution in [0.2, 0.25) is 0 Å². The summed E-state index contributed by atoms with van der Waals surface area (Å²) in [4.78, 5) is 19.7. The molecule has 3 aromatic rings. The maximum atomic E-state index is 13.4. The predicted molar refractivity (Wildman–Crippen MR) is 99.9 cm³/mol. The van der Waals surface area contributed by atoms with Crippen molar-refractivity contribution in [2.24, 2.45) is 5.92 Å². The second-order valence-corrected chi connectivity index (χ2v) is 7.19. The second-order valence-electron chi connectivity index (χ2n) is 7.19. The number of aromatic nitrogens is 5. The second kappa shape index (κ2) is 7.56. The van der Waals surface area contributed by atoms with Gasteiger partial charge in [0.2, 0.25) is 0 Å². The predicted octanol–water partition coefficient (Wildman–Crippen LogP) is 1.85. The van der Waals surface area contributed by atoms with Crippen molar-refractivity contribution in [3.8, 4) is 0 Å². The van der Waals surface area contributed by atoms with Crippen LogP contribution in [-0.4, -0.2) is 49.1 Å². The molecule has 0 unspecified atom stereocenters. The summed E-state index contributed by atoms with van der Waals surface area (Å²) in [5.74, 6) is 0.722. The Morgan fingerprint density at radius 2 is 2.04 bits per heavy atom. The molecule has 2 aromatic heterocycles. The zero-order valence-electron chi connectivity index (χ0n) is 15.4. The Labute approximate surface area is 156 Å². The summed E-state index contributed by atoms with van der Waals surface area (Å²) in [7, 11) is 0. The van der Waals surface area contributed by atoms with Crippen LogP contribution in [0.15, 0.2) is 35.4 Å². The van der Waals surface area contributed by atoms with E-state index in [0.29, 0.717) is 29.2 Å². The van der Waals surface area contributed by atoms with Gasteiger partial charge in [-0.05, 0) is 50.9 Å². The lowest BCUT2D eigenvalue weighted by Gasteiger charge is -2.32. The molecule has 0 radical (unpaired) electrons. The van der Waals surface area contributed by atoms with E-state index in [-0.39, 0.29) is 11.4 Å². The van der Waals surface area contributed by atoms with E-state index < -0.39 is 0 Å². The highest BCUT2D eigenvalue weighted by molar-refractivity contribution is 5.77. The number of halogens is 1. The van der Waals surface area contributed by atoms with E-state index in [1.807, 2.05) is 17.8 Å². The number of likely N-dealkylation sites (tertiary alicyclic amines) is 1. The third kappa shape index (κ3) is 3.90. The summed E-state index contributed by atoms with van der Waals surface area (Å²) in [6.07, 6.45) is 5.66. The van der Waals surface area contributed by atoms with E-state index in [1.165, 1.54) is 18.2 Å². The highest BCUT2D eigenvalue weighted by Gasteiger charge is 2.21. The number of piperidine rings is 1. The van der Waals surface area contributed by atoms with Crippen molar-refractivity contribution in [1.82, 2.24) is 29.4 Å². The summed E-state index contributed by atoms with van der Waals surface area (Å²) in [6.45, 7) is 6.31. The Kier molecular flexibility index (Phi) is 4.98. The van der Waals surface area contributed by atoms with Gasteiger partial charge in [0, 0.05) is 25.4 Å². The Morgan fingerprint density at radius 3 is 2.78 bits per heavy atom. The standard InChI is InChI=1S/C19H23FN6O/c1-14-22-18-12-16(20)2-3-17(18)19(27)26(14)13-15-4-7-24(8-5-15)10-11-25-9-6-21-23-25/h2-3,6,9,12,15H,4-5,7-8,10-11,13H2,1H3. The summed E-state index contributed by atoms with van der Waals surface area (Å²) < 4.78 is 17.0. The fourth-order valence-electron chi connectivity index (χ4n) is 3.77. The lowest BCUT2D eigenvalue weighted by Crippen LogP contribution is -2.38. The number of fused-ring (bicyclic) bond motifs is 1. The number of hydrogen-bond acceptors (Lipinski definition) is 5. The average molecular weight is 370 g/mol. The number of benzene rings is 1. The molecule has 7 nitrogen and oxygen atoms in total. The first-order valence-corrected chi connectivity index (χ1v) is 9.33. The van der Waals surface area contributed by atoms with Gasteiger partial charge in [0.25, 0.3) is 5.56 Å². The highest BCUT2D eigenvalue weighted by Crippen LogP contribution is 2.20. The lowest BCUT2D eigenvalue weighted by molar-refractivity contribution is 0.165. The molecule has 1 aliphatic rings. The van der Waals surface area contributed by atoms with E-state index in [9.17, 15) is 9.18 Å². The zero-order valence-corrected chi connectivity index (χ0v) is 15.4. The van der Waals surface area contributed by atoms with Crippen LogP contribution in [0.25, 0.3) is 10.9 Å². The number of hydrogen-bond donors (Lipinski definition) is 0. The molecule has 1 aliphatic heterocycles. The molecular weight excluding hydrogens is 347 g/mol. The largest absolute Gasteiger partial charge is 0.301 e. The maximum Gasteiger partial charge on any atom is 0.261 e. The number of nitrogens with zero attached hydrogens (tertiary/aromatic N) is 6. The van der Waals surface area contributed by atoms with Crippen molar-refractivity contribution in [1.29, 1.82) is 0 Å². The summed E-state index contributed by atoms with van der Waals surface area (Å²) in [6, 6.07) is 4.17. The van der Waals surface area contributed by atoms with Crippen LogP contribution in [-0.2, 0) is 13.1 Å². The van der Waals surface area contributed by atoms with Crippen LogP contribution in [0.4, 0.5) is 4.39 Å². The van der Waals surface area contributed by atoms with Crippen LogP contribution in [0.3, 0.4) is 0 Å². The van der Waals surface area contributed by atoms with Gasteiger partial charge in [-0.1, -0.05) is 5.21 Å². The van der Waals surface area contributed by atoms with Gasteiger partial charge >= 0.3 is 0 Å². The number of rotatable bonds is 5. The van der Waals surface area contributed by atoms with Crippen molar-refractivity contribution in [2.75, 3.05) is 19.6 Å². The summed E-state index contributed by atoms with van der Waals surface area (Å²) >= 11 is 0. The molecule has 0 amide bonds.